The van der Waals surface area contributed by atoms with Gasteiger partial charge in [-0.05, 0) is 24.1 Å². The third-order valence-electron chi connectivity index (χ3n) is 6.22. The number of fused-ring (bicyclic) bond motifs is 1. The van der Waals surface area contributed by atoms with Crippen molar-refractivity contribution in [1.29, 1.82) is 0 Å². The van der Waals surface area contributed by atoms with Crippen LogP contribution in [0.1, 0.15) is 29.8 Å². The molecule has 3 aromatic rings. The molecule has 1 atom stereocenters. The molecule has 0 saturated carbocycles. The SMILES string of the molecule is CC(C)C(NC(=O)c1ccccc1Cl)C(=O)NN=Cc1cn(CC(=O)N2CCOCC2)c2ccccc12. The van der Waals surface area contributed by atoms with Gasteiger partial charge in [-0.2, -0.15) is 5.10 Å². The highest BCUT2D eigenvalue weighted by Crippen LogP contribution is 2.20. The van der Waals surface area contributed by atoms with Crippen molar-refractivity contribution in [2.75, 3.05) is 26.3 Å². The number of aromatic nitrogens is 1. The topological polar surface area (TPSA) is 105 Å². The van der Waals surface area contributed by atoms with Crippen molar-refractivity contribution in [2.45, 2.75) is 26.4 Å². The fraction of sp³-hybridized carbons (Fsp3) is 0.333. The average molecular weight is 524 g/mol. The molecule has 2 heterocycles. The molecule has 4 rings (SSSR count). The zero-order valence-corrected chi connectivity index (χ0v) is 21.6. The molecular formula is C27H30ClN5O4. The summed E-state index contributed by atoms with van der Waals surface area (Å²) in [5.41, 5.74) is 4.48. The summed E-state index contributed by atoms with van der Waals surface area (Å²) >= 11 is 6.12. The Morgan fingerprint density at radius 1 is 1.08 bits per heavy atom. The van der Waals surface area contributed by atoms with Crippen molar-refractivity contribution in [3.05, 3.63) is 70.9 Å². The molecule has 0 spiro atoms. The van der Waals surface area contributed by atoms with Crippen LogP contribution in [-0.4, -0.2) is 65.7 Å². The van der Waals surface area contributed by atoms with E-state index in [0.29, 0.717) is 36.9 Å². The van der Waals surface area contributed by atoms with Gasteiger partial charge < -0.3 is 19.5 Å². The maximum atomic E-state index is 12.9. The molecule has 3 amide bonds. The van der Waals surface area contributed by atoms with Crippen molar-refractivity contribution >= 4 is 46.4 Å². The molecule has 0 aliphatic carbocycles. The van der Waals surface area contributed by atoms with E-state index in [1.165, 1.54) is 0 Å². The molecule has 1 fully saturated rings. The van der Waals surface area contributed by atoms with Crippen molar-refractivity contribution in [1.82, 2.24) is 20.2 Å². The van der Waals surface area contributed by atoms with Crippen LogP contribution < -0.4 is 10.7 Å². The third kappa shape index (κ3) is 6.36. The molecule has 37 heavy (non-hydrogen) atoms. The molecular weight excluding hydrogens is 494 g/mol. The zero-order chi connectivity index (χ0) is 26.4. The van der Waals surface area contributed by atoms with Gasteiger partial charge in [0, 0.05) is 35.8 Å². The summed E-state index contributed by atoms with van der Waals surface area (Å²) in [4.78, 5) is 40.1. The highest BCUT2D eigenvalue weighted by molar-refractivity contribution is 6.33. The maximum Gasteiger partial charge on any atom is 0.262 e. The monoisotopic (exact) mass is 523 g/mol. The second kappa shape index (κ2) is 12.0. The highest BCUT2D eigenvalue weighted by Gasteiger charge is 2.25. The van der Waals surface area contributed by atoms with Crippen LogP contribution in [0.25, 0.3) is 10.9 Å². The lowest BCUT2D eigenvalue weighted by molar-refractivity contribution is -0.135. The Hall–Kier alpha value is -3.69. The highest BCUT2D eigenvalue weighted by atomic mass is 35.5. The lowest BCUT2D eigenvalue weighted by Gasteiger charge is -2.27. The summed E-state index contributed by atoms with van der Waals surface area (Å²) in [7, 11) is 0. The van der Waals surface area contributed by atoms with Crippen molar-refractivity contribution in [3.63, 3.8) is 0 Å². The van der Waals surface area contributed by atoms with E-state index in [1.807, 2.05) is 48.9 Å². The fourth-order valence-electron chi connectivity index (χ4n) is 4.20. The Kier molecular flexibility index (Phi) is 8.58. The van der Waals surface area contributed by atoms with E-state index in [9.17, 15) is 14.4 Å². The maximum absolute atomic E-state index is 12.9. The molecule has 1 aliphatic rings. The number of amides is 3. The second-order valence-corrected chi connectivity index (χ2v) is 9.54. The standard InChI is InChI=1S/C27H30ClN5O4/c1-18(2)25(30-26(35)21-8-3-5-9-22(21)28)27(36)31-29-15-19-16-33(23-10-6-4-7-20(19)23)17-24(34)32-11-13-37-14-12-32/h3-10,15-16,18,25H,11-14,17H2,1-2H3,(H,30,35)(H,31,36). The fourth-order valence-corrected chi connectivity index (χ4v) is 4.42. The van der Waals surface area contributed by atoms with Crippen LogP contribution in [0.15, 0.2) is 59.8 Å². The number of halogens is 1. The first kappa shape index (κ1) is 26.4. The van der Waals surface area contributed by atoms with E-state index in [0.717, 1.165) is 16.5 Å². The van der Waals surface area contributed by atoms with Gasteiger partial charge in [-0.3, -0.25) is 14.4 Å². The minimum atomic E-state index is -0.812. The van der Waals surface area contributed by atoms with Crippen molar-refractivity contribution in [3.8, 4) is 0 Å². The minimum Gasteiger partial charge on any atom is -0.378 e. The van der Waals surface area contributed by atoms with E-state index in [1.54, 1.807) is 35.4 Å². The first-order valence-electron chi connectivity index (χ1n) is 12.2. The lowest BCUT2D eigenvalue weighted by atomic mass is 10.0. The van der Waals surface area contributed by atoms with Gasteiger partial charge in [-0.1, -0.05) is 55.8 Å². The summed E-state index contributed by atoms with van der Waals surface area (Å²) < 4.78 is 7.22. The number of ether oxygens (including phenoxy) is 1. The molecule has 1 aliphatic heterocycles. The van der Waals surface area contributed by atoms with E-state index in [-0.39, 0.29) is 18.4 Å². The molecule has 1 saturated heterocycles. The predicted octanol–water partition coefficient (Wildman–Crippen LogP) is 3.06. The quantitative estimate of drug-likeness (QED) is 0.350. The van der Waals surface area contributed by atoms with Crippen LogP contribution in [-0.2, 0) is 20.9 Å². The number of hydrogen-bond donors (Lipinski definition) is 2. The number of hydrogen-bond acceptors (Lipinski definition) is 5. The normalized spacial score (nSPS) is 14.8. The van der Waals surface area contributed by atoms with Crippen LogP contribution in [0, 0.1) is 5.92 Å². The number of nitrogens with one attached hydrogen (secondary N) is 2. The molecule has 2 aromatic carbocycles. The van der Waals surface area contributed by atoms with E-state index >= 15 is 0 Å². The zero-order valence-electron chi connectivity index (χ0n) is 20.8. The Labute approximate surface area is 220 Å². The largest absolute Gasteiger partial charge is 0.378 e. The number of para-hydroxylation sites is 1. The van der Waals surface area contributed by atoms with Gasteiger partial charge in [-0.25, -0.2) is 5.43 Å². The van der Waals surface area contributed by atoms with E-state index < -0.39 is 17.9 Å². The van der Waals surface area contributed by atoms with E-state index in [4.69, 9.17) is 16.3 Å². The van der Waals surface area contributed by atoms with Gasteiger partial charge >= 0.3 is 0 Å². The van der Waals surface area contributed by atoms with Gasteiger partial charge in [0.05, 0.1) is 30.0 Å². The predicted molar refractivity (Wildman–Crippen MR) is 143 cm³/mol. The molecule has 194 valence electrons. The van der Waals surface area contributed by atoms with Gasteiger partial charge in [0.2, 0.25) is 5.91 Å². The first-order chi connectivity index (χ1) is 17.8. The van der Waals surface area contributed by atoms with Crippen LogP contribution >= 0.6 is 11.6 Å². The number of morpholine rings is 1. The van der Waals surface area contributed by atoms with Crippen LogP contribution in [0.4, 0.5) is 0 Å². The molecule has 1 unspecified atom stereocenters. The molecule has 0 bridgehead atoms. The Morgan fingerprint density at radius 2 is 1.78 bits per heavy atom. The van der Waals surface area contributed by atoms with Crippen LogP contribution in [0.3, 0.4) is 0 Å². The molecule has 9 nitrogen and oxygen atoms in total. The number of nitrogens with zero attached hydrogens (tertiary/aromatic N) is 3. The number of carbonyl (C=O) groups is 3. The smallest absolute Gasteiger partial charge is 0.262 e. The molecule has 10 heteroatoms. The summed E-state index contributed by atoms with van der Waals surface area (Å²) in [5, 5.41) is 8.11. The van der Waals surface area contributed by atoms with Crippen LogP contribution in [0.5, 0.6) is 0 Å². The van der Waals surface area contributed by atoms with Gasteiger partial charge in [0.15, 0.2) is 0 Å². The first-order valence-corrected chi connectivity index (χ1v) is 12.5. The summed E-state index contributed by atoms with van der Waals surface area (Å²) in [6.45, 7) is 6.13. The van der Waals surface area contributed by atoms with Gasteiger partial charge in [-0.15, -0.1) is 0 Å². The Morgan fingerprint density at radius 3 is 2.51 bits per heavy atom. The second-order valence-electron chi connectivity index (χ2n) is 9.13. The summed E-state index contributed by atoms with van der Waals surface area (Å²) in [6, 6.07) is 13.6. The average Bonchev–Trinajstić information content (AvgIpc) is 3.24. The molecule has 0 radical (unpaired) electrons. The van der Waals surface area contributed by atoms with Gasteiger partial charge in [0.25, 0.3) is 11.8 Å². The van der Waals surface area contributed by atoms with E-state index in [2.05, 4.69) is 15.8 Å². The van der Waals surface area contributed by atoms with Crippen molar-refractivity contribution < 1.29 is 19.1 Å². The Bertz CT molecular complexity index is 1310. The number of carbonyl (C=O) groups excluding carboxylic acids is 3. The Balaban J connectivity index is 1.45. The lowest BCUT2D eigenvalue weighted by Crippen LogP contribution is -2.48. The summed E-state index contributed by atoms with van der Waals surface area (Å²) in [6.07, 6.45) is 3.39. The van der Waals surface area contributed by atoms with Crippen molar-refractivity contribution in [2.24, 2.45) is 11.0 Å². The number of hydrazone groups is 1. The third-order valence-corrected chi connectivity index (χ3v) is 6.55. The van der Waals surface area contributed by atoms with Crippen LogP contribution in [0.2, 0.25) is 5.02 Å². The number of rotatable bonds is 8. The molecule has 2 N–H and O–H groups in total. The summed E-state index contributed by atoms with van der Waals surface area (Å²) in [5.74, 6) is -1.04. The minimum absolute atomic E-state index is 0.0230. The number of benzene rings is 2. The molecule has 1 aromatic heterocycles. The van der Waals surface area contributed by atoms with Gasteiger partial charge in [0.1, 0.15) is 12.6 Å².